The average molecular weight is 275 g/mol. The number of rotatable bonds is 5. The minimum absolute atomic E-state index is 0.135. The molecule has 1 aliphatic heterocycles. The van der Waals surface area contributed by atoms with Gasteiger partial charge in [0.2, 0.25) is 5.91 Å². The lowest BCUT2D eigenvalue weighted by Gasteiger charge is -2.23. The van der Waals surface area contributed by atoms with Crippen LogP contribution in [-0.4, -0.2) is 49.4 Å². The SMILES string of the molecule is CN1CCC(CN(C)C(=O)CC(N)c2ccccc2)C1. The van der Waals surface area contributed by atoms with Gasteiger partial charge >= 0.3 is 0 Å². The van der Waals surface area contributed by atoms with Gasteiger partial charge in [-0.3, -0.25) is 4.79 Å². The van der Waals surface area contributed by atoms with Crippen LogP contribution < -0.4 is 5.73 Å². The van der Waals surface area contributed by atoms with Crippen LogP contribution in [0.3, 0.4) is 0 Å². The first-order valence-corrected chi connectivity index (χ1v) is 7.29. The highest BCUT2D eigenvalue weighted by Gasteiger charge is 2.23. The maximum Gasteiger partial charge on any atom is 0.224 e. The van der Waals surface area contributed by atoms with Gasteiger partial charge < -0.3 is 15.5 Å². The van der Waals surface area contributed by atoms with E-state index in [1.807, 2.05) is 42.3 Å². The van der Waals surface area contributed by atoms with E-state index < -0.39 is 0 Å². The fourth-order valence-corrected chi connectivity index (χ4v) is 2.83. The summed E-state index contributed by atoms with van der Waals surface area (Å²) in [6.45, 7) is 3.06. The van der Waals surface area contributed by atoms with Crippen molar-refractivity contribution in [1.29, 1.82) is 0 Å². The minimum atomic E-state index is -0.211. The fourth-order valence-electron chi connectivity index (χ4n) is 2.83. The van der Waals surface area contributed by atoms with Crippen LogP contribution >= 0.6 is 0 Å². The van der Waals surface area contributed by atoms with E-state index in [2.05, 4.69) is 11.9 Å². The molecule has 0 radical (unpaired) electrons. The first-order valence-electron chi connectivity index (χ1n) is 7.29. The zero-order valence-electron chi connectivity index (χ0n) is 12.5. The molecule has 2 unspecified atom stereocenters. The van der Waals surface area contributed by atoms with E-state index >= 15 is 0 Å². The topological polar surface area (TPSA) is 49.6 Å². The van der Waals surface area contributed by atoms with E-state index in [4.69, 9.17) is 5.73 Å². The van der Waals surface area contributed by atoms with Crippen molar-refractivity contribution in [2.24, 2.45) is 11.7 Å². The number of nitrogens with two attached hydrogens (primary N) is 1. The Morgan fingerprint density at radius 1 is 1.45 bits per heavy atom. The monoisotopic (exact) mass is 275 g/mol. The second kappa shape index (κ2) is 6.86. The van der Waals surface area contributed by atoms with E-state index in [0.29, 0.717) is 12.3 Å². The third-order valence-electron chi connectivity index (χ3n) is 4.07. The van der Waals surface area contributed by atoms with Crippen LogP contribution in [0.15, 0.2) is 30.3 Å². The highest BCUT2D eigenvalue weighted by atomic mass is 16.2. The van der Waals surface area contributed by atoms with E-state index in [1.165, 1.54) is 6.42 Å². The molecule has 1 aromatic carbocycles. The highest BCUT2D eigenvalue weighted by Crippen LogP contribution is 2.18. The van der Waals surface area contributed by atoms with E-state index in [9.17, 15) is 4.79 Å². The molecule has 20 heavy (non-hydrogen) atoms. The molecule has 1 amide bonds. The molecule has 110 valence electrons. The van der Waals surface area contributed by atoms with Gasteiger partial charge in [0.15, 0.2) is 0 Å². The van der Waals surface area contributed by atoms with E-state index in [0.717, 1.165) is 25.2 Å². The van der Waals surface area contributed by atoms with Crippen molar-refractivity contribution in [3.63, 3.8) is 0 Å². The van der Waals surface area contributed by atoms with Crippen LogP contribution in [-0.2, 0) is 4.79 Å². The molecule has 0 aliphatic carbocycles. The molecule has 0 bridgehead atoms. The number of hydrogen-bond acceptors (Lipinski definition) is 3. The van der Waals surface area contributed by atoms with Gasteiger partial charge in [-0.25, -0.2) is 0 Å². The van der Waals surface area contributed by atoms with Gasteiger partial charge in [-0.05, 0) is 31.5 Å². The maximum absolute atomic E-state index is 12.2. The molecule has 0 aromatic heterocycles. The third-order valence-corrected chi connectivity index (χ3v) is 4.07. The van der Waals surface area contributed by atoms with Crippen LogP contribution in [0.5, 0.6) is 0 Å². The molecule has 4 nitrogen and oxygen atoms in total. The van der Waals surface area contributed by atoms with Crippen LogP contribution in [0.4, 0.5) is 0 Å². The summed E-state index contributed by atoms with van der Waals surface area (Å²) in [4.78, 5) is 16.4. The van der Waals surface area contributed by atoms with Crippen LogP contribution in [0.25, 0.3) is 0 Å². The molecule has 4 heteroatoms. The predicted octanol–water partition coefficient (Wildman–Crippen LogP) is 1.49. The zero-order valence-corrected chi connectivity index (χ0v) is 12.5. The van der Waals surface area contributed by atoms with E-state index in [1.54, 1.807) is 0 Å². The second-order valence-electron chi connectivity index (χ2n) is 5.91. The summed E-state index contributed by atoms with van der Waals surface area (Å²) in [6.07, 6.45) is 1.56. The Balaban J connectivity index is 1.82. The standard InChI is InChI=1S/C16H25N3O/c1-18-9-8-13(11-18)12-19(2)16(20)10-15(17)14-6-4-3-5-7-14/h3-7,13,15H,8-12,17H2,1-2H3. The minimum Gasteiger partial charge on any atom is -0.345 e. The summed E-state index contributed by atoms with van der Waals surface area (Å²) in [5.74, 6) is 0.734. The molecule has 1 aliphatic rings. The molecule has 2 rings (SSSR count). The fraction of sp³-hybridized carbons (Fsp3) is 0.562. The van der Waals surface area contributed by atoms with Crippen molar-refractivity contribution in [2.45, 2.75) is 18.9 Å². The van der Waals surface area contributed by atoms with Gasteiger partial charge in [0.05, 0.1) is 0 Å². The summed E-state index contributed by atoms with van der Waals surface area (Å²) in [7, 11) is 4.02. The number of amides is 1. The molecule has 1 saturated heterocycles. The van der Waals surface area contributed by atoms with Crippen LogP contribution in [0.1, 0.15) is 24.4 Å². The van der Waals surface area contributed by atoms with Gasteiger partial charge in [0.25, 0.3) is 0 Å². The Labute approximate surface area is 121 Å². The predicted molar refractivity (Wildman–Crippen MR) is 81.2 cm³/mol. The number of benzene rings is 1. The van der Waals surface area contributed by atoms with Crippen molar-refractivity contribution in [1.82, 2.24) is 9.80 Å². The summed E-state index contributed by atoms with van der Waals surface area (Å²) in [5.41, 5.74) is 7.13. The molecule has 2 N–H and O–H groups in total. The molecule has 0 spiro atoms. The quantitative estimate of drug-likeness (QED) is 0.885. The number of likely N-dealkylation sites (tertiary alicyclic amines) is 1. The molecule has 0 saturated carbocycles. The number of carbonyl (C=O) groups excluding carboxylic acids is 1. The summed E-state index contributed by atoms with van der Waals surface area (Å²) < 4.78 is 0. The largest absolute Gasteiger partial charge is 0.345 e. The molecule has 1 aromatic rings. The molecular formula is C16H25N3O. The van der Waals surface area contributed by atoms with Crippen molar-refractivity contribution < 1.29 is 4.79 Å². The number of hydrogen-bond donors (Lipinski definition) is 1. The van der Waals surface area contributed by atoms with E-state index in [-0.39, 0.29) is 11.9 Å². The first kappa shape index (κ1) is 15.0. The summed E-state index contributed by atoms with van der Waals surface area (Å²) in [5, 5.41) is 0. The van der Waals surface area contributed by atoms with Crippen molar-refractivity contribution >= 4 is 5.91 Å². The number of nitrogens with zero attached hydrogens (tertiary/aromatic N) is 2. The molecular weight excluding hydrogens is 250 g/mol. The van der Waals surface area contributed by atoms with Gasteiger partial charge in [-0.15, -0.1) is 0 Å². The van der Waals surface area contributed by atoms with Crippen LogP contribution in [0, 0.1) is 5.92 Å². The Kier molecular flexibility index (Phi) is 5.15. The lowest BCUT2D eigenvalue weighted by molar-refractivity contribution is -0.130. The average Bonchev–Trinajstić information content (AvgIpc) is 2.85. The zero-order chi connectivity index (χ0) is 14.5. The number of carbonyl (C=O) groups is 1. The smallest absolute Gasteiger partial charge is 0.224 e. The summed E-state index contributed by atoms with van der Waals surface area (Å²) >= 11 is 0. The van der Waals surface area contributed by atoms with Crippen molar-refractivity contribution in [3.05, 3.63) is 35.9 Å². The van der Waals surface area contributed by atoms with Crippen molar-refractivity contribution in [2.75, 3.05) is 33.7 Å². The molecule has 1 fully saturated rings. The van der Waals surface area contributed by atoms with Crippen molar-refractivity contribution in [3.8, 4) is 0 Å². The highest BCUT2D eigenvalue weighted by molar-refractivity contribution is 5.76. The van der Waals surface area contributed by atoms with Gasteiger partial charge in [-0.2, -0.15) is 0 Å². The Morgan fingerprint density at radius 3 is 2.75 bits per heavy atom. The van der Waals surface area contributed by atoms with Gasteiger partial charge in [0.1, 0.15) is 0 Å². The van der Waals surface area contributed by atoms with Crippen LogP contribution in [0.2, 0.25) is 0 Å². The first-order chi connectivity index (χ1) is 9.56. The van der Waals surface area contributed by atoms with Gasteiger partial charge in [-0.1, -0.05) is 30.3 Å². The normalized spacial score (nSPS) is 20.9. The second-order valence-corrected chi connectivity index (χ2v) is 5.91. The Morgan fingerprint density at radius 2 is 2.15 bits per heavy atom. The third kappa shape index (κ3) is 4.05. The maximum atomic E-state index is 12.2. The lowest BCUT2D eigenvalue weighted by Crippen LogP contribution is -2.34. The lowest BCUT2D eigenvalue weighted by atomic mass is 10.0. The Bertz CT molecular complexity index is 435. The molecule has 2 atom stereocenters. The summed E-state index contributed by atoms with van der Waals surface area (Å²) in [6, 6.07) is 9.61. The Hall–Kier alpha value is -1.39. The van der Waals surface area contributed by atoms with Gasteiger partial charge in [0, 0.05) is 32.6 Å². The molecule has 1 heterocycles.